The molecule has 3 fully saturated rings. The molecule has 19 heavy (non-hydrogen) atoms. The zero-order chi connectivity index (χ0) is 13.2. The molecule has 4 nitrogen and oxygen atoms in total. The molecule has 1 N–H and O–H groups in total. The molecule has 3 heterocycles. The molecule has 1 atom stereocenters. The number of nitrogens with zero attached hydrogens (tertiary/aromatic N) is 1. The lowest BCUT2D eigenvalue weighted by Crippen LogP contribution is -2.51. The smallest absolute Gasteiger partial charge is 0.338 e. The average Bonchev–Trinajstić information content (AvgIpc) is 2.48. The van der Waals surface area contributed by atoms with Gasteiger partial charge in [0, 0.05) is 19.3 Å². The second kappa shape index (κ2) is 5.21. The van der Waals surface area contributed by atoms with E-state index in [0.29, 0.717) is 11.5 Å². The molecule has 1 aromatic rings. The quantitative estimate of drug-likeness (QED) is 0.844. The Hall–Kier alpha value is -1.55. The molecule has 0 spiro atoms. The Morgan fingerprint density at radius 3 is 2.79 bits per heavy atom. The van der Waals surface area contributed by atoms with Crippen LogP contribution in [0.25, 0.3) is 0 Å². The normalized spacial score (nSPS) is 29.0. The van der Waals surface area contributed by atoms with Crippen molar-refractivity contribution in [2.45, 2.75) is 18.9 Å². The predicted molar refractivity (Wildman–Crippen MR) is 74.4 cm³/mol. The second-order valence-corrected chi connectivity index (χ2v) is 5.41. The van der Waals surface area contributed by atoms with Crippen LogP contribution in [0.4, 0.5) is 5.69 Å². The predicted octanol–water partition coefficient (Wildman–Crippen LogP) is 1.98. The number of nitrogens with one attached hydrogen (secondary N) is 1. The Balaban J connectivity index is 1.67. The lowest BCUT2D eigenvalue weighted by Gasteiger charge is -2.43. The maximum absolute atomic E-state index is 12.2. The van der Waals surface area contributed by atoms with Crippen molar-refractivity contribution >= 4 is 11.7 Å². The number of anilines is 1. The standard InChI is InChI=1S/C15H20N2O2/c1-16-13-4-2-3-12(9-13)15(18)19-14-10-17-7-5-11(14)6-8-17/h2-4,9,11,14,16H,5-8,10H2,1H3/t14-/m0/s1. The van der Waals surface area contributed by atoms with Crippen LogP contribution in [0.3, 0.4) is 0 Å². The Morgan fingerprint density at radius 2 is 2.16 bits per heavy atom. The molecule has 4 heteroatoms. The van der Waals surface area contributed by atoms with Gasteiger partial charge in [-0.05, 0) is 50.0 Å². The largest absolute Gasteiger partial charge is 0.457 e. The molecule has 3 saturated heterocycles. The lowest BCUT2D eigenvalue weighted by atomic mass is 9.86. The van der Waals surface area contributed by atoms with Crippen molar-refractivity contribution in [3.63, 3.8) is 0 Å². The molecule has 0 unspecified atom stereocenters. The van der Waals surface area contributed by atoms with Crippen molar-refractivity contribution in [2.75, 3.05) is 32.0 Å². The van der Waals surface area contributed by atoms with E-state index in [2.05, 4.69) is 10.2 Å². The van der Waals surface area contributed by atoms with Crippen LogP contribution in [0.5, 0.6) is 0 Å². The van der Waals surface area contributed by atoms with Gasteiger partial charge >= 0.3 is 5.97 Å². The summed E-state index contributed by atoms with van der Waals surface area (Å²) in [5.74, 6) is 0.359. The minimum Gasteiger partial charge on any atom is -0.457 e. The Morgan fingerprint density at radius 1 is 1.37 bits per heavy atom. The third-order valence-corrected chi connectivity index (χ3v) is 4.24. The number of carbonyl (C=O) groups is 1. The van der Waals surface area contributed by atoms with Crippen LogP contribution < -0.4 is 5.32 Å². The van der Waals surface area contributed by atoms with Crippen molar-refractivity contribution < 1.29 is 9.53 Å². The van der Waals surface area contributed by atoms with E-state index >= 15 is 0 Å². The molecule has 0 amide bonds. The second-order valence-electron chi connectivity index (χ2n) is 5.41. The minimum absolute atomic E-state index is 0.0771. The van der Waals surface area contributed by atoms with Crippen LogP contribution >= 0.6 is 0 Å². The van der Waals surface area contributed by atoms with Crippen molar-refractivity contribution in [1.29, 1.82) is 0 Å². The molecule has 3 aliphatic heterocycles. The number of esters is 1. The van der Waals surface area contributed by atoms with Crippen LogP contribution in [0.2, 0.25) is 0 Å². The van der Waals surface area contributed by atoms with E-state index in [1.54, 1.807) is 0 Å². The number of carbonyl (C=O) groups excluding carboxylic acids is 1. The SMILES string of the molecule is CNc1cccc(C(=O)O[C@H]2CN3CCC2CC3)c1. The van der Waals surface area contributed by atoms with E-state index in [-0.39, 0.29) is 12.1 Å². The van der Waals surface area contributed by atoms with E-state index < -0.39 is 0 Å². The first-order valence-electron chi connectivity index (χ1n) is 6.97. The number of ether oxygens (including phenoxy) is 1. The first-order chi connectivity index (χ1) is 9.26. The van der Waals surface area contributed by atoms with Gasteiger partial charge in [-0.2, -0.15) is 0 Å². The van der Waals surface area contributed by atoms with Gasteiger partial charge in [0.15, 0.2) is 0 Å². The van der Waals surface area contributed by atoms with Gasteiger partial charge in [-0.25, -0.2) is 4.79 Å². The van der Waals surface area contributed by atoms with E-state index in [9.17, 15) is 4.79 Å². The van der Waals surface area contributed by atoms with E-state index in [1.807, 2.05) is 31.3 Å². The molecular weight excluding hydrogens is 240 g/mol. The van der Waals surface area contributed by atoms with Crippen molar-refractivity contribution in [2.24, 2.45) is 5.92 Å². The zero-order valence-electron chi connectivity index (χ0n) is 11.3. The van der Waals surface area contributed by atoms with Gasteiger partial charge in [-0.3, -0.25) is 4.90 Å². The van der Waals surface area contributed by atoms with Crippen LogP contribution in [0.1, 0.15) is 23.2 Å². The molecule has 3 aliphatic rings. The molecule has 1 aromatic carbocycles. The number of piperidine rings is 3. The van der Waals surface area contributed by atoms with Crippen LogP contribution in [-0.2, 0) is 4.74 Å². The molecule has 0 aromatic heterocycles. The number of rotatable bonds is 3. The maximum atomic E-state index is 12.2. The van der Waals surface area contributed by atoms with Crippen LogP contribution in [-0.4, -0.2) is 43.7 Å². The maximum Gasteiger partial charge on any atom is 0.338 e. The Kier molecular flexibility index (Phi) is 3.42. The number of hydrogen-bond donors (Lipinski definition) is 1. The Labute approximate surface area is 113 Å². The monoisotopic (exact) mass is 260 g/mol. The van der Waals surface area contributed by atoms with Crippen molar-refractivity contribution in [1.82, 2.24) is 4.90 Å². The summed E-state index contributed by atoms with van der Waals surface area (Å²) in [4.78, 5) is 14.6. The lowest BCUT2D eigenvalue weighted by molar-refractivity contribution is -0.0455. The van der Waals surface area contributed by atoms with Gasteiger partial charge in [0.05, 0.1) is 5.56 Å². The first kappa shape index (κ1) is 12.5. The Bertz CT molecular complexity index is 467. The molecule has 4 rings (SSSR count). The summed E-state index contributed by atoms with van der Waals surface area (Å²) < 4.78 is 5.70. The summed E-state index contributed by atoms with van der Waals surface area (Å²) in [6.07, 6.45) is 2.40. The number of fused-ring (bicyclic) bond motifs is 3. The van der Waals surface area contributed by atoms with E-state index in [1.165, 1.54) is 0 Å². The highest BCUT2D eigenvalue weighted by molar-refractivity contribution is 5.90. The van der Waals surface area contributed by atoms with Crippen molar-refractivity contribution in [3.05, 3.63) is 29.8 Å². The minimum atomic E-state index is -0.198. The summed E-state index contributed by atoms with van der Waals surface area (Å²) in [6, 6.07) is 7.46. The highest BCUT2D eigenvalue weighted by Crippen LogP contribution is 2.30. The molecule has 102 valence electrons. The van der Waals surface area contributed by atoms with Crippen molar-refractivity contribution in [3.8, 4) is 0 Å². The zero-order valence-corrected chi connectivity index (χ0v) is 11.3. The number of hydrogen-bond acceptors (Lipinski definition) is 4. The van der Waals surface area contributed by atoms with Gasteiger partial charge in [0.1, 0.15) is 6.10 Å². The molecule has 0 aliphatic carbocycles. The summed E-state index contributed by atoms with van der Waals surface area (Å²) in [6.45, 7) is 3.23. The summed E-state index contributed by atoms with van der Waals surface area (Å²) in [5.41, 5.74) is 1.56. The van der Waals surface area contributed by atoms with Gasteiger partial charge in [0.2, 0.25) is 0 Å². The third-order valence-electron chi connectivity index (χ3n) is 4.24. The molecule has 0 radical (unpaired) electrons. The topological polar surface area (TPSA) is 41.6 Å². The third kappa shape index (κ3) is 2.59. The van der Waals surface area contributed by atoms with Gasteiger partial charge in [-0.15, -0.1) is 0 Å². The van der Waals surface area contributed by atoms with Gasteiger partial charge in [-0.1, -0.05) is 6.07 Å². The van der Waals surface area contributed by atoms with Gasteiger partial charge in [0.25, 0.3) is 0 Å². The summed E-state index contributed by atoms with van der Waals surface area (Å²) in [7, 11) is 1.85. The highest BCUT2D eigenvalue weighted by Gasteiger charge is 2.36. The molecular formula is C15H20N2O2. The average molecular weight is 260 g/mol. The fourth-order valence-corrected chi connectivity index (χ4v) is 3.05. The van der Waals surface area contributed by atoms with E-state index in [0.717, 1.165) is 38.2 Å². The van der Waals surface area contributed by atoms with Crippen LogP contribution in [0.15, 0.2) is 24.3 Å². The van der Waals surface area contributed by atoms with E-state index in [4.69, 9.17) is 4.74 Å². The van der Waals surface area contributed by atoms with Gasteiger partial charge < -0.3 is 10.1 Å². The summed E-state index contributed by atoms with van der Waals surface area (Å²) >= 11 is 0. The molecule has 0 saturated carbocycles. The fourth-order valence-electron chi connectivity index (χ4n) is 3.05. The number of benzene rings is 1. The first-order valence-corrected chi connectivity index (χ1v) is 6.97. The molecule has 2 bridgehead atoms. The fraction of sp³-hybridized carbons (Fsp3) is 0.533. The summed E-state index contributed by atoms with van der Waals surface area (Å²) in [5, 5.41) is 3.04. The van der Waals surface area contributed by atoms with Crippen LogP contribution in [0, 0.1) is 5.92 Å². The highest BCUT2D eigenvalue weighted by atomic mass is 16.5.